The number of fused-ring (bicyclic) bond motifs is 5. The molecule has 4 aromatic carbocycles. The van der Waals surface area contributed by atoms with Crippen molar-refractivity contribution in [3.05, 3.63) is 131 Å². The van der Waals surface area contributed by atoms with Crippen molar-refractivity contribution in [3.8, 4) is 11.1 Å². The second kappa shape index (κ2) is 5.66. The Morgan fingerprint density at radius 3 is 1.21 bits per heavy atom. The van der Waals surface area contributed by atoms with Gasteiger partial charge >= 0.3 is 0 Å². The first-order chi connectivity index (χ1) is 18.6. The number of hydrogen-bond donors (Lipinski definition) is 0. The van der Waals surface area contributed by atoms with Crippen LogP contribution in [-0.2, 0) is 36.0 Å². The van der Waals surface area contributed by atoms with Crippen LogP contribution < -0.4 is 0 Å². The summed E-state index contributed by atoms with van der Waals surface area (Å²) in [5.41, 5.74) is 2.46. The molecule has 0 N–H and O–H groups in total. The lowest BCUT2D eigenvalue weighted by Crippen LogP contribution is -2.76. The van der Waals surface area contributed by atoms with Crippen LogP contribution in [0.25, 0.3) is 11.1 Å². The van der Waals surface area contributed by atoms with Crippen molar-refractivity contribution in [1.29, 1.82) is 0 Å². The smallest absolute Gasteiger partial charge is 0.157 e. The van der Waals surface area contributed by atoms with Crippen molar-refractivity contribution in [1.82, 2.24) is 0 Å². The summed E-state index contributed by atoms with van der Waals surface area (Å²) in [5.74, 6) is -1.83. The van der Waals surface area contributed by atoms with Crippen LogP contribution in [-0.4, -0.2) is 17.3 Å². The minimum Gasteiger partial charge on any atom is -0.299 e. The van der Waals surface area contributed by atoms with Gasteiger partial charge in [-0.15, -0.1) is 0 Å². The number of Topliss-reactive ketones (excluding diaryl/α,β-unsaturated/α-hetero) is 3. The molecule has 38 heavy (non-hydrogen) atoms. The lowest BCUT2D eigenvalue weighted by atomic mass is 9.29. The van der Waals surface area contributed by atoms with Crippen LogP contribution in [0.3, 0.4) is 0 Å². The molecule has 8 atom stereocenters. The van der Waals surface area contributed by atoms with Crippen LogP contribution in [0.4, 0.5) is 0 Å². The Labute approximate surface area is 219 Å². The highest BCUT2D eigenvalue weighted by Gasteiger charge is 3.09. The SMILES string of the molecule is O=C1[C@@H]2[C@H]3C(=O)[C@@H]4[C@@H]1[C@]1(c5ccccc5)C(=O)[C@]4(c4ccccc4)[C@@]34c3ccccc3-c3ccccc3[C@]241. The van der Waals surface area contributed by atoms with Gasteiger partial charge in [-0.1, -0.05) is 109 Å². The van der Waals surface area contributed by atoms with Crippen molar-refractivity contribution in [2.75, 3.05) is 0 Å². The molecule has 0 amide bonds. The maximum absolute atomic E-state index is 15.7. The third kappa shape index (κ3) is 1.37. The van der Waals surface area contributed by atoms with E-state index >= 15 is 4.79 Å². The van der Waals surface area contributed by atoms with Crippen LogP contribution in [0, 0.1) is 23.7 Å². The minimum absolute atomic E-state index is 0.0908. The van der Waals surface area contributed by atoms with E-state index in [-0.39, 0.29) is 17.3 Å². The van der Waals surface area contributed by atoms with E-state index in [0.29, 0.717) is 0 Å². The van der Waals surface area contributed by atoms with Crippen LogP contribution in [0.2, 0.25) is 0 Å². The molecular weight excluding hydrogens is 468 g/mol. The number of rotatable bonds is 2. The molecule has 0 aliphatic heterocycles. The van der Waals surface area contributed by atoms with E-state index in [4.69, 9.17) is 0 Å². The summed E-state index contributed by atoms with van der Waals surface area (Å²) in [5, 5.41) is 0. The van der Waals surface area contributed by atoms with Gasteiger partial charge in [0.25, 0.3) is 0 Å². The molecule has 0 heterocycles. The molecule has 3 heteroatoms. The van der Waals surface area contributed by atoms with E-state index in [2.05, 4.69) is 24.3 Å². The van der Waals surface area contributed by atoms with Crippen molar-refractivity contribution in [2.45, 2.75) is 21.7 Å². The summed E-state index contributed by atoms with van der Waals surface area (Å²) in [6.45, 7) is 0. The van der Waals surface area contributed by atoms with Crippen LogP contribution in [0.1, 0.15) is 22.3 Å². The van der Waals surface area contributed by atoms with Gasteiger partial charge in [0.1, 0.15) is 11.6 Å². The average Bonchev–Trinajstić information content (AvgIpc) is 3.33. The lowest BCUT2D eigenvalue weighted by molar-refractivity contribution is -0.150. The molecule has 0 unspecified atom stereocenters. The van der Waals surface area contributed by atoms with Gasteiger partial charge in [0.2, 0.25) is 0 Å². The predicted molar refractivity (Wildman–Crippen MR) is 140 cm³/mol. The summed E-state index contributed by atoms with van der Waals surface area (Å²) in [6, 6.07) is 36.8. The summed E-state index contributed by atoms with van der Waals surface area (Å²) in [7, 11) is 0. The third-order valence-corrected chi connectivity index (χ3v) is 11.8. The molecule has 2 spiro atoms. The monoisotopic (exact) mass is 490 g/mol. The quantitative estimate of drug-likeness (QED) is 0.399. The third-order valence-electron chi connectivity index (χ3n) is 11.8. The van der Waals surface area contributed by atoms with Gasteiger partial charge in [0.15, 0.2) is 5.78 Å². The largest absolute Gasteiger partial charge is 0.299 e. The molecule has 0 saturated heterocycles. The molecule has 4 aromatic rings. The van der Waals surface area contributed by atoms with Crippen LogP contribution >= 0.6 is 0 Å². The molecule has 5 saturated carbocycles. The Bertz CT molecular complexity index is 1690. The van der Waals surface area contributed by atoms with Gasteiger partial charge in [0.05, 0.1) is 10.8 Å². The molecule has 180 valence electrons. The fourth-order valence-corrected chi connectivity index (χ4v) is 11.6. The van der Waals surface area contributed by atoms with E-state index in [0.717, 1.165) is 33.4 Å². The van der Waals surface area contributed by atoms with Crippen molar-refractivity contribution < 1.29 is 14.4 Å². The Hall–Kier alpha value is -4.11. The first-order valence-electron chi connectivity index (χ1n) is 13.6. The van der Waals surface area contributed by atoms with Crippen LogP contribution in [0.15, 0.2) is 109 Å². The fraction of sp³-hybridized carbons (Fsp3) is 0.229. The van der Waals surface area contributed by atoms with E-state index in [1.165, 1.54) is 0 Å². The molecular formula is C35H22O3. The van der Waals surface area contributed by atoms with E-state index in [1.54, 1.807) is 0 Å². The number of carbonyl (C=O) groups is 3. The van der Waals surface area contributed by atoms with Crippen LogP contribution in [0.5, 0.6) is 0 Å². The van der Waals surface area contributed by atoms with E-state index < -0.39 is 45.3 Å². The number of hydrogen-bond acceptors (Lipinski definition) is 3. The minimum atomic E-state index is -1.07. The lowest BCUT2D eigenvalue weighted by Gasteiger charge is -2.69. The second-order valence-corrected chi connectivity index (χ2v) is 12.1. The molecule has 5 fully saturated rings. The zero-order valence-corrected chi connectivity index (χ0v) is 20.4. The Morgan fingerprint density at radius 2 is 0.789 bits per heavy atom. The number of benzene rings is 4. The van der Waals surface area contributed by atoms with E-state index in [1.807, 2.05) is 84.9 Å². The first kappa shape index (κ1) is 19.9. The Balaban J connectivity index is 1.52. The Kier molecular flexibility index (Phi) is 2.97. The highest BCUT2D eigenvalue weighted by molar-refractivity contribution is 6.30. The number of carbonyl (C=O) groups excluding carboxylic acids is 3. The molecule has 3 nitrogen and oxygen atoms in total. The van der Waals surface area contributed by atoms with Gasteiger partial charge in [-0.3, -0.25) is 14.4 Å². The maximum atomic E-state index is 15.7. The molecule has 6 aliphatic carbocycles. The van der Waals surface area contributed by atoms with Crippen molar-refractivity contribution in [2.24, 2.45) is 23.7 Å². The zero-order chi connectivity index (χ0) is 25.2. The van der Waals surface area contributed by atoms with Gasteiger partial charge in [-0.25, -0.2) is 0 Å². The molecule has 0 radical (unpaired) electrons. The standard InChI is InChI=1S/C35H22O3/c36-29-25-26-30(37)28-27(29)34-23-17-9-7-15-21(23)22-16-8-10-18-24(22)35(28,34)33(26,20-13-5-2-6-14-20)31(38)32(25,34)19-11-3-1-4-12-19/h1-18,25-28H/t25-,26-,27-,28-,32+,33+,34+,35+/m0/s1. The average molecular weight is 491 g/mol. The van der Waals surface area contributed by atoms with Gasteiger partial charge < -0.3 is 0 Å². The summed E-state index contributed by atoms with van der Waals surface area (Å²) in [4.78, 5) is 44.9. The topological polar surface area (TPSA) is 51.2 Å². The fourth-order valence-electron chi connectivity index (χ4n) is 11.6. The normalized spacial score (nSPS) is 41.2. The Morgan fingerprint density at radius 1 is 0.421 bits per heavy atom. The van der Waals surface area contributed by atoms with Crippen molar-refractivity contribution >= 4 is 17.3 Å². The van der Waals surface area contributed by atoms with E-state index in [9.17, 15) is 9.59 Å². The molecule has 0 aromatic heterocycles. The van der Waals surface area contributed by atoms with Gasteiger partial charge in [0, 0.05) is 34.5 Å². The molecule has 6 aliphatic rings. The summed E-state index contributed by atoms with van der Waals surface area (Å²) >= 11 is 0. The first-order valence-corrected chi connectivity index (χ1v) is 13.6. The van der Waals surface area contributed by atoms with Gasteiger partial charge in [-0.05, 0) is 33.4 Å². The van der Waals surface area contributed by atoms with Crippen molar-refractivity contribution in [3.63, 3.8) is 0 Å². The zero-order valence-electron chi connectivity index (χ0n) is 20.4. The number of ketones is 3. The second-order valence-electron chi connectivity index (χ2n) is 12.1. The highest BCUT2D eigenvalue weighted by atomic mass is 16.2. The van der Waals surface area contributed by atoms with Gasteiger partial charge in [-0.2, -0.15) is 0 Å². The molecule has 10 rings (SSSR count). The molecule has 2 bridgehead atoms. The predicted octanol–water partition coefficient (Wildman–Crippen LogP) is 4.96. The highest BCUT2D eigenvalue weighted by Crippen LogP contribution is 2.98. The maximum Gasteiger partial charge on any atom is 0.157 e. The summed E-state index contributed by atoms with van der Waals surface area (Å²) < 4.78 is 0. The summed E-state index contributed by atoms with van der Waals surface area (Å²) in [6.07, 6.45) is 0.